The van der Waals surface area contributed by atoms with Gasteiger partial charge >= 0.3 is 0 Å². The summed E-state index contributed by atoms with van der Waals surface area (Å²) < 4.78 is 6.60. The molecule has 0 aromatic heterocycles. The number of hydrogen-bond acceptors (Lipinski definition) is 1. The molecule has 24 heavy (non-hydrogen) atoms. The first-order valence-electron chi connectivity index (χ1n) is 8.44. The van der Waals surface area contributed by atoms with Crippen molar-refractivity contribution in [2.75, 3.05) is 27.2 Å². The normalized spacial score (nSPS) is 23.6. The van der Waals surface area contributed by atoms with Gasteiger partial charge in [-0.2, -0.15) is 0 Å². The van der Waals surface area contributed by atoms with Crippen molar-refractivity contribution in [1.29, 1.82) is 0 Å². The van der Waals surface area contributed by atoms with Crippen LogP contribution < -0.4 is 17.3 Å². The van der Waals surface area contributed by atoms with E-state index in [1.807, 2.05) is 6.07 Å². The summed E-state index contributed by atoms with van der Waals surface area (Å²) >= 11 is 6.33. The van der Waals surface area contributed by atoms with Crippen molar-refractivity contribution in [3.8, 4) is 0 Å². The standard InChI is InChI=1S/C20H22ClNO.ClH/c1-22(2)11-12-23-20-10-9-15(16-5-3-4-6-18(16)20)17-8-7-14(21)13-19(17)20;/h3-8,13,15H,9-12H2,1-2H3;1H. The highest BCUT2D eigenvalue weighted by atomic mass is 35.5. The highest BCUT2D eigenvalue weighted by molar-refractivity contribution is 6.30. The highest BCUT2D eigenvalue weighted by Gasteiger charge is 2.49. The van der Waals surface area contributed by atoms with Crippen LogP contribution in [-0.4, -0.2) is 27.2 Å². The van der Waals surface area contributed by atoms with Gasteiger partial charge in [-0.25, -0.2) is 0 Å². The Morgan fingerprint density at radius 2 is 1.88 bits per heavy atom. The van der Waals surface area contributed by atoms with E-state index in [9.17, 15) is 0 Å². The van der Waals surface area contributed by atoms with E-state index in [4.69, 9.17) is 16.3 Å². The number of rotatable bonds is 4. The average molecular weight is 364 g/mol. The second-order valence-electron chi connectivity index (χ2n) is 7.04. The largest absolute Gasteiger partial charge is 1.00 e. The zero-order valence-corrected chi connectivity index (χ0v) is 15.6. The molecule has 5 rings (SSSR count). The van der Waals surface area contributed by atoms with Crippen LogP contribution in [0, 0.1) is 0 Å². The smallest absolute Gasteiger partial charge is 0.119 e. The van der Waals surface area contributed by atoms with Crippen LogP contribution >= 0.6 is 11.6 Å². The van der Waals surface area contributed by atoms with Crippen molar-refractivity contribution in [3.63, 3.8) is 0 Å². The maximum atomic E-state index is 6.60. The van der Waals surface area contributed by atoms with Gasteiger partial charge in [0.25, 0.3) is 0 Å². The minimum Gasteiger partial charge on any atom is -1.00 e. The molecule has 0 spiro atoms. The molecule has 2 aromatic rings. The number of fused-ring (bicyclic) bond motifs is 1. The van der Waals surface area contributed by atoms with Crippen LogP contribution in [0.3, 0.4) is 0 Å². The van der Waals surface area contributed by atoms with Gasteiger partial charge in [-0.3, -0.25) is 0 Å². The molecule has 2 bridgehead atoms. The Morgan fingerprint density at radius 1 is 1.12 bits per heavy atom. The second-order valence-corrected chi connectivity index (χ2v) is 7.48. The van der Waals surface area contributed by atoms with E-state index in [1.54, 1.807) is 0 Å². The summed E-state index contributed by atoms with van der Waals surface area (Å²) in [5.74, 6) is 0.489. The van der Waals surface area contributed by atoms with Crippen LogP contribution in [-0.2, 0) is 10.3 Å². The molecule has 2 aromatic carbocycles. The van der Waals surface area contributed by atoms with Gasteiger partial charge < -0.3 is 22.0 Å². The van der Waals surface area contributed by atoms with Gasteiger partial charge in [0.15, 0.2) is 0 Å². The fraction of sp³-hybridized carbons (Fsp3) is 0.400. The van der Waals surface area contributed by atoms with Crippen LogP contribution in [0.4, 0.5) is 0 Å². The topological polar surface area (TPSA) is 13.7 Å². The summed E-state index contributed by atoms with van der Waals surface area (Å²) in [6.45, 7) is 1.76. The predicted molar refractivity (Wildman–Crippen MR) is 93.4 cm³/mol. The van der Waals surface area contributed by atoms with Gasteiger partial charge in [0.05, 0.1) is 20.7 Å². The molecule has 0 fully saturated rings. The molecule has 0 radical (unpaired) electrons. The second kappa shape index (κ2) is 6.68. The number of likely N-dealkylation sites (N-methyl/N-ethyl adjacent to an activating group) is 1. The van der Waals surface area contributed by atoms with E-state index in [-0.39, 0.29) is 18.0 Å². The van der Waals surface area contributed by atoms with E-state index in [0.29, 0.717) is 5.92 Å². The van der Waals surface area contributed by atoms with E-state index in [2.05, 4.69) is 50.5 Å². The van der Waals surface area contributed by atoms with Gasteiger partial charge in [0, 0.05) is 10.9 Å². The Morgan fingerprint density at radius 3 is 2.67 bits per heavy atom. The lowest BCUT2D eigenvalue weighted by Gasteiger charge is -2.49. The Hall–Kier alpha value is -1.06. The summed E-state index contributed by atoms with van der Waals surface area (Å²) in [5.41, 5.74) is 5.15. The molecule has 4 heteroatoms. The number of hydrogen-bond donors (Lipinski definition) is 1. The van der Waals surface area contributed by atoms with Crippen molar-refractivity contribution in [2.24, 2.45) is 0 Å². The van der Waals surface area contributed by atoms with Gasteiger partial charge in [-0.1, -0.05) is 41.9 Å². The third kappa shape index (κ3) is 2.66. The maximum absolute atomic E-state index is 6.60. The minimum atomic E-state index is -0.318. The Bertz CT molecular complexity index is 746. The summed E-state index contributed by atoms with van der Waals surface area (Å²) in [6, 6.07) is 15.1. The maximum Gasteiger partial charge on any atom is 0.119 e. The molecule has 2 nitrogen and oxygen atoms in total. The molecule has 1 N–H and O–H groups in total. The van der Waals surface area contributed by atoms with Crippen molar-refractivity contribution in [1.82, 2.24) is 0 Å². The molecule has 128 valence electrons. The molecule has 0 heterocycles. The van der Waals surface area contributed by atoms with Crippen LogP contribution in [0.5, 0.6) is 0 Å². The summed E-state index contributed by atoms with van der Waals surface area (Å²) in [5, 5.41) is 0.801. The van der Waals surface area contributed by atoms with Crippen molar-refractivity contribution in [3.05, 3.63) is 69.7 Å². The number of quaternary nitrogens is 1. The van der Waals surface area contributed by atoms with Gasteiger partial charge in [-0.15, -0.1) is 0 Å². The minimum absolute atomic E-state index is 0. The fourth-order valence-electron chi connectivity index (χ4n) is 4.25. The van der Waals surface area contributed by atoms with Gasteiger partial charge in [0.1, 0.15) is 12.1 Å². The number of halogens is 2. The molecule has 0 saturated heterocycles. The lowest BCUT2D eigenvalue weighted by molar-refractivity contribution is -0.859. The molecular weight excluding hydrogens is 341 g/mol. The molecule has 2 atom stereocenters. The Balaban J connectivity index is 0.00000169. The first-order chi connectivity index (χ1) is 11.1. The summed E-state index contributed by atoms with van der Waals surface area (Å²) in [7, 11) is 4.33. The van der Waals surface area contributed by atoms with Crippen molar-refractivity contribution in [2.45, 2.75) is 24.4 Å². The van der Waals surface area contributed by atoms with E-state index in [0.717, 1.165) is 31.0 Å². The first kappa shape index (κ1) is 17.8. The zero-order chi connectivity index (χ0) is 16.0. The molecule has 0 saturated carbocycles. The summed E-state index contributed by atoms with van der Waals surface area (Å²) in [6.07, 6.45) is 2.20. The number of ether oxygens (including phenoxy) is 1. The van der Waals surface area contributed by atoms with Crippen LogP contribution in [0.2, 0.25) is 5.02 Å². The molecule has 3 aliphatic rings. The first-order valence-corrected chi connectivity index (χ1v) is 8.82. The quantitative estimate of drug-likeness (QED) is 0.806. The highest BCUT2D eigenvalue weighted by Crippen LogP contribution is 2.57. The predicted octanol–water partition coefficient (Wildman–Crippen LogP) is -0.0122. The number of benzene rings is 2. The number of nitrogens with one attached hydrogen (secondary N) is 1. The Kier molecular flexibility index (Phi) is 4.94. The Labute approximate surface area is 155 Å². The molecule has 3 aliphatic carbocycles. The monoisotopic (exact) mass is 363 g/mol. The van der Waals surface area contributed by atoms with Gasteiger partial charge in [0.2, 0.25) is 0 Å². The lowest BCUT2D eigenvalue weighted by atomic mass is 9.61. The SMILES string of the molecule is C[NH+](C)CCOC12CCC(c3ccccc31)c1ccc(Cl)cc12.[Cl-]. The van der Waals surface area contributed by atoms with Crippen LogP contribution in [0.15, 0.2) is 42.5 Å². The molecule has 0 amide bonds. The average Bonchev–Trinajstić information content (AvgIpc) is 2.55. The third-order valence-corrected chi connectivity index (χ3v) is 5.57. The van der Waals surface area contributed by atoms with Crippen LogP contribution in [0.1, 0.15) is 41.0 Å². The van der Waals surface area contributed by atoms with E-state index in [1.165, 1.54) is 27.2 Å². The van der Waals surface area contributed by atoms with Crippen LogP contribution in [0.25, 0.3) is 0 Å². The van der Waals surface area contributed by atoms with Crippen molar-refractivity contribution < 1.29 is 22.0 Å². The van der Waals surface area contributed by atoms with Crippen molar-refractivity contribution >= 4 is 11.6 Å². The molecular formula is C20H23Cl2NO. The fourth-order valence-corrected chi connectivity index (χ4v) is 4.42. The van der Waals surface area contributed by atoms with E-state index < -0.39 is 0 Å². The van der Waals surface area contributed by atoms with E-state index >= 15 is 0 Å². The zero-order valence-electron chi connectivity index (χ0n) is 14.1. The third-order valence-electron chi connectivity index (χ3n) is 5.33. The lowest BCUT2D eigenvalue weighted by Crippen LogP contribution is -3.06. The molecule has 2 unspecified atom stereocenters. The summed E-state index contributed by atoms with van der Waals surface area (Å²) in [4.78, 5) is 1.41. The molecule has 0 aliphatic heterocycles. The van der Waals surface area contributed by atoms with Gasteiger partial charge in [-0.05, 0) is 47.2 Å².